The van der Waals surface area contributed by atoms with E-state index in [1.54, 1.807) is 48.2 Å². The minimum absolute atomic E-state index is 0.0189. The van der Waals surface area contributed by atoms with Crippen LogP contribution in [0.15, 0.2) is 57.9 Å². The van der Waals surface area contributed by atoms with Gasteiger partial charge >= 0.3 is 0 Å². The standard InChI is InChI=1S/C11H14O3S.C6H5BrO/c12-9-1-3-10(4-2-9)15-8-5-11-13-6-7-14-11;7-5-1-3-6(8)4-2-5/h1-4,11-12H,5-8H2;1-4,8H. The van der Waals surface area contributed by atoms with E-state index in [2.05, 4.69) is 15.9 Å². The van der Waals surface area contributed by atoms with Gasteiger partial charge in [0.25, 0.3) is 0 Å². The fourth-order valence-electron chi connectivity index (χ4n) is 1.83. The van der Waals surface area contributed by atoms with Gasteiger partial charge in [0.05, 0.1) is 13.2 Å². The first-order valence-corrected chi connectivity index (χ1v) is 9.01. The van der Waals surface area contributed by atoms with Gasteiger partial charge in [-0.2, -0.15) is 0 Å². The molecule has 1 aliphatic heterocycles. The molecular weight excluding hydrogens is 380 g/mol. The monoisotopic (exact) mass is 398 g/mol. The molecule has 0 amide bonds. The van der Waals surface area contributed by atoms with Crippen LogP contribution >= 0.6 is 27.7 Å². The molecule has 1 fully saturated rings. The average Bonchev–Trinajstić information content (AvgIpc) is 3.06. The van der Waals surface area contributed by atoms with Gasteiger partial charge < -0.3 is 19.7 Å². The topological polar surface area (TPSA) is 58.9 Å². The van der Waals surface area contributed by atoms with Crippen molar-refractivity contribution in [3.05, 3.63) is 53.0 Å². The first-order valence-electron chi connectivity index (χ1n) is 7.23. The Morgan fingerprint density at radius 3 is 1.96 bits per heavy atom. The van der Waals surface area contributed by atoms with Gasteiger partial charge in [0.1, 0.15) is 11.5 Å². The Labute approximate surface area is 148 Å². The van der Waals surface area contributed by atoms with E-state index in [1.165, 1.54) is 0 Å². The van der Waals surface area contributed by atoms with Gasteiger partial charge in [0.2, 0.25) is 0 Å². The third-order valence-electron chi connectivity index (χ3n) is 2.98. The summed E-state index contributed by atoms with van der Waals surface area (Å²) in [5, 5.41) is 17.8. The molecular formula is C17H19BrO4S. The minimum atomic E-state index is -0.0189. The first kappa shape index (κ1) is 18.1. The minimum Gasteiger partial charge on any atom is -0.508 e. The maximum Gasteiger partial charge on any atom is 0.158 e. The van der Waals surface area contributed by atoms with E-state index < -0.39 is 0 Å². The SMILES string of the molecule is Oc1ccc(Br)cc1.Oc1ccc(SCCC2OCCO2)cc1. The summed E-state index contributed by atoms with van der Waals surface area (Å²) >= 11 is 4.98. The Hall–Kier alpha value is -1.21. The molecule has 2 aromatic rings. The highest BCUT2D eigenvalue weighted by Gasteiger charge is 2.14. The van der Waals surface area contributed by atoms with Crippen LogP contribution in [0.2, 0.25) is 0 Å². The number of ether oxygens (including phenoxy) is 2. The van der Waals surface area contributed by atoms with Gasteiger partial charge in [-0.1, -0.05) is 15.9 Å². The second kappa shape index (κ2) is 9.82. The summed E-state index contributed by atoms with van der Waals surface area (Å²) < 4.78 is 11.7. The van der Waals surface area contributed by atoms with Crippen LogP contribution in [0.25, 0.3) is 0 Å². The molecule has 0 saturated carbocycles. The van der Waals surface area contributed by atoms with Crippen molar-refractivity contribution in [2.24, 2.45) is 0 Å². The number of hydrogen-bond acceptors (Lipinski definition) is 5. The molecule has 4 nitrogen and oxygen atoms in total. The van der Waals surface area contributed by atoms with E-state index in [9.17, 15) is 0 Å². The molecule has 2 aromatic carbocycles. The van der Waals surface area contributed by atoms with E-state index in [1.807, 2.05) is 12.1 Å². The first-order chi connectivity index (χ1) is 11.1. The molecule has 0 unspecified atom stereocenters. The highest BCUT2D eigenvalue weighted by molar-refractivity contribution is 9.10. The number of thioether (sulfide) groups is 1. The lowest BCUT2D eigenvalue weighted by molar-refractivity contribution is -0.0421. The highest BCUT2D eigenvalue weighted by Crippen LogP contribution is 2.22. The van der Waals surface area contributed by atoms with Gasteiger partial charge in [0, 0.05) is 21.5 Å². The summed E-state index contributed by atoms with van der Waals surface area (Å²) in [6.45, 7) is 1.43. The van der Waals surface area contributed by atoms with Gasteiger partial charge in [-0.3, -0.25) is 0 Å². The van der Waals surface area contributed by atoms with Gasteiger partial charge in [-0.25, -0.2) is 0 Å². The Balaban J connectivity index is 0.000000203. The lowest BCUT2D eigenvalue weighted by Gasteiger charge is -2.07. The van der Waals surface area contributed by atoms with Crippen LogP contribution in [0, 0.1) is 0 Å². The number of aromatic hydroxyl groups is 2. The van der Waals surface area contributed by atoms with Crippen LogP contribution in [0.5, 0.6) is 11.5 Å². The Kier molecular flexibility index (Phi) is 7.74. The number of phenolic OH excluding ortho intramolecular Hbond substituents is 2. The number of rotatable bonds is 4. The molecule has 0 spiro atoms. The Morgan fingerprint density at radius 1 is 0.913 bits per heavy atom. The molecule has 23 heavy (non-hydrogen) atoms. The molecule has 6 heteroatoms. The zero-order valence-corrected chi connectivity index (χ0v) is 14.9. The van der Waals surface area contributed by atoms with Crippen molar-refractivity contribution < 1.29 is 19.7 Å². The summed E-state index contributed by atoms with van der Waals surface area (Å²) in [5.41, 5.74) is 0. The summed E-state index contributed by atoms with van der Waals surface area (Å²) in [6, 6.07) is 14.1. The number of phenols is 2. The fourth-order valence-corrected chi connectivity index (χ4v) is 2.97. The largest absolute Gasteiger partial charge is 0.508 e. The summed E-state index contributed by atoms with van der Waals surface area (Å²) in [6.07, 6.45) is 0.889. The average molecular weight is 399 g/mol. The lowest BCUT2D eigenvalue weighted by Crippen LogP contribution is -2.08. The van der Waals surface area contributed by atoms with Gasteiger partial charge in [-0.15, -0.1) is 11.8 Å². The molecule has 0 aliphatic carbocycles. The predicted octanol–water partition coefficient (Wildman–Crippen LogP) is 4.40. The molecule has 0 radical (unpaired) electrons. The maximum absolute atomic E-state index is 9.11. The molecule has 0 bridgehead atoms. The quantitative estimate of drug-likeness (QED) is 0.747. The third-order valence-corrected chi connectivity index (χ3v) is 4.55. The summed E-state index contributed by atoms with van der Waals surface area (Å²) in [5.74, 6) is 1.57. The normalized spacial score (nSPS) is 14.3. The fraction of sp³-hybridized carbons (Fsp3) is 0.294. The number of benzene rings is 2. The van der Waals surface area contributed by atoms with E-state index in [-0.39, 0.29) is 6.29 Å². The summed E-state index contributed by atoms with van der Waals surface area (Å²) in [4.78, 5) is 1.16. The predicted molar refractivity (Wildman–Crippen MR) is 94.9 cm³/mol. The molecule has 0 atom stereocenters. The molecule has 1 heterocycles. The van der Waals surface area contributed by atoms with Crippen LogP contribution in [-0.4, -0.2) is 35.5 Å². The maximum atomic E-state index is 9.11. The van der Waals surface area contributed by atoms with Crippen LogP contribution in [0.3, 0.4) is 0 Å². The van der Waals surface area contributed by atoms with Crippen LogP contribution in [-0.2, 0) is 9.47 Å². The van der Waals surface area contributed by atoms with Gasteiger partial charge in [-0.05, 0) is 48.5 Å². The highest BCUT2D eigenvalue weighted by atomic mass is 79.9. The smallest absolute Gasteiger partial charge is 0.158 e. The van der Waals surface area contributed by atoms with Crippen molar-refractivity contribution in [1.82, 2.24) is 0 Å². The van der Waals surface area contributed by atoms with Crippen molar-refractivity contribution in [1.29, 1.82) is 0 Å². The van der Waals surface area contributed by atoms with Crippen molar-refractivity contribution in [2.75, 3.05) is 19.0 Å². The van der Waals surface area contributed by atoms with Crippen molar-refractivity contribution in [2.45, 2.75) is 17.6 Å². The second-order valence-electron chi connectivity index (χ2n) is 4.78. The van der Waals surface area contributed by atoms with E-state index in [4.69, 9.17) is 19.7 Å². The number of halogens is 1. The Morgan fingerprint density at radius 2 is 1.43 bits per heavy atom. The molecule has 0 aromatic heterocycles. The second-order valence-corrected chi connectivity index (χ2v) is 6.86. The molecule has 124 valence electrons. The van der Waals surface area contributed by atoms with Crippen LogP contribution in [0.1, 0.15) is 6.42 Å². The zero-order valence-electron chi connectivity index (χ0n) is 12.5. The van der Waals surface area contributed by atoms with E-state index >= 15 is 0 Å². The molecule has 1 aliphatic rings. The molecule has 1 saturated heterocycles. The summed E-state index contributed by atoms with van der Waals surface area (Å²) in [7, 11) is 0. The van der Waals surface area contributed by atoms with E-state index in [0.717, 1.165) is 21.5 Å². The van der Waals surface area contributed by atoms with Crippen molar-refractivity contribution in [3.63, 3.8) is 0 Å². The lowest BCUT2D eigenvalue weighted by atomic mass is 10.3. The number of hydrogen-bond donors (Lipinski definition) is 2. The third kappa shape index (κ3) is 7.26. The zero-order chi connectivity index (χ0) is 16.5. The van der Waals surface area contributed by atoms with E-state index in [0.29, 0.717) is 24.7 Å². The van der Waals surface area contributed by atoms with Crippen LogP contribution in [0.4, 0.5) is 0 Å². The molecule has 2 N–H and O–H groups in total. The van der Waals surface area contributed by atoms with Crippen molar-refractivity contribution in [3.8, 4) is 11.5 Å². The van der Waals surface area contributed by atoms with Gasteiger partial charge in [0.15, 0.2) is 6.29 Å². The molecule has 3 rings (SSSR count). The van der Waals surface area contributed by atoms with Crippen LogP contribution < -0.4 is 0 Å². The Bertz CT molecular complexity index is 547. The van der Waals surface area contributed by atoms with Crippen molar-refractivity contribution >= 4 is 27.7 Å².